The van der Waals surface area contributed by atoms with Gasteiger partial charge >= 0.3 is 0 Å². The van der Waals surface area contributed by atoms with Crippen molar-refractivity contribution in [2.24, 2.45) is 0 Å². The third-order valence-electron chi connectivity index (χ3n) is 2.93. The SMILES string of the molecule is Nc1onc(-c2cccc(I)c2)c1-c1cccc(F)c1. The van der Waals surface area contributed by atoms with Crippen molar-refractivity contribution in [2.45, 2.75) is 0 Å². The number of hydrogen-bond acceptors (Lipinski definition) is 3. The zero-order valence-electron chi connectivity index (χ0n) is 10.3. The molecule has 1 heterocycles. The molecule has 0 fully saturated rings. The molecule has 0 radical (unpaired) electrons. The van der Waals surface area contributed by atoms with Crippen LogP contribution < -0.4 is 5.73 Å². The fourth-order valence-corrected chi connectivity index (χ4v) is 2.60. The molecule has 0 aliphatic heterocycles. The highest BCUT2D eigenvalue weighted by Crippen LogP contribution is 2.36. The van der Waals surface area contributed by atoms with Gasteiger partial charge in [0.25, 0.3) is 0 Å². The molecule has 20 heavy (non-hydrogen) atoms. The highest BCUT2D eigenvalue weighted by atomic mass is 127. The van der Waals surface area contributed by atoms with Gasteiger partial charge in [0.05, 0.1) is 5.56 Å². The average Bonchev–Trinajstić information content (AvgIpc) is 2.80. The number of hydrogen-bond donors (Lipinski definition) is 1. The Bertz CT molecular complexity index is 770. The average molecular weight is 380 g/mol. The van der Waals surface area contributed by atoms with Crippen LogP contribution in [0.2, 0.25) is 0 Å². The van der Waals surface area contributed by atoms with Crippen LogP contribution in [-0.4, -0.2) is 5.16 Å². The number of rotatable bonds is 2. The number of aromatic nitrogens is 1. The molecular formula is C15H10FIN2O. The van der Waals surface area contributed by atoms with Gasteiger partial charge < -0.3 is 10.3 Å². The summed E-state index contributed by atoms with van der Waals surface area (Å²) in [6, 6.07) is 14.0. The molecule has 2 N–H and O–H groups in total. The molecule has 0 aliphatic rings. The molecule has 2 aromatic carbocycles. The van der Waals surface area contributed by atoms with Crippen LogP contribution in [-0.2, 0) is 0 Å². The van der Waals surface area contributed by atoms with Gasteiger partial charge in [-0.05, 0) is 52.4 Å². The van der Waals surface area contributed by atoms with E-state index in [4.69, 9.17) is 10.3 Å². The summed E-state index contributed by atoms with van der Waals surface area (Å²) >= 11 is 2.22. The highest BCUT2D eigenvalue weighted by Gasteiger charge is 2.17. The number of halogens is 2. The molecule has 0 aliphatic carbocycles. The van der Waals surface area contributed by atoms with Crippen LogP contribution in [0.15, 0.2) is 53.1 Å². The zero-order chi connectivity index (χ0) is 14.1. The monoisotopic (exact) mass is 380 g/mol. The summed E-state index contributed by atoms with van der Waals surface area (Å²) in [5.74, 6) is -0.138. The smallest absolute Gasteiger partial charge is 0.230 e. The molecule has 0 atom stereocenters. The van der Waals surface area contributed by atoms with Crippen LogP contribution in [0, 0.1) is 9.39 Å². The minimum absolute atomic E-state index is 0.185. The lowest BCUT2D eigenvalue weighted by Gasteiger charge is -2.03. The number of nitrogens with zero attached hydrogens (tertiary/aromatic N) is 1. The van der Waals surface area contributed by atoms with E-state index in [2.05, 4.69) is 27.7 Å². The maximum Gasteiger partial charge on any atom is 0.230 e. The van der Waals surface area contributed by atoms with Gasteiger partial charge in [0.15, 0.2) is 0 Å². The topological polar surface area (TPSA) is 52.0 Å². The number of anilines is 1. The molecule has 0 saturated heterocycles. The van der Waals surface area contributed by atoms with Gasteiger partial charge in [0.1, 0.15) is 11.5 Å². The normalized spacial score (nSPS) is 10.7. The molecule has 0 amide bonds. The lowest BCUT2D eigenvalue weighted by molar-refractivity contribution is 0.439. The van der Waals surface area contributed by atoms with Crippen molar-refractivity contribution in [3.05, 3.63) is 57.9 Å². The van der Waals surface area contributed by atoms with E-state index in [1.54, 1.807) is 12.1 Å². The molecule has 3 nitrogen and oxygen atoms in total. The highest BCUT2D eigenvalue weighted by molar-refractivity contribution is 14.1. The minimum atomic E-state index is -0.323. The van der Waals surface area contributed by atoms with Crippen LogP contribution in [0.25, 0.3) is 22.4 Å². The lowest BCUT2D eigenvalue weighted by atomic mass is 10.0. The second kappa shape index (κ2) is 5.24. The van der Waals surface area contributed by atoms with Crippen LogP contribution in [0.1, 0.15) is 0 Å². The Kier molecular flexibility index (Phi) is 3.43. The second-order valence-electron chi connectivity index (χ2n) is 4.29. The Labute approximate surface area is 128 Å². The van der Waals surface area contributed by atoms with Crippen molar-refractivity contribution in [1.29, 1.82) is 0 Å². The molecular weight excluding hydrogens is 370 g/mol. The predicted molar refractivity (Wildman–Crippen MR) is 84.5 cm³/mol. The summed E-state index contributed by atoms with van der Waals surface area (Å²) in [6.45, 7) is 0. The summed E-state index contributed by atoms with van der Waals surface area (Å²) < 4.78 is 19.6. The van der Waals surface area contributed by atoms with Gasteiger partial charge in [-0.15, -0.1) is 0 Å². The maximum atomic E-state index is 13.4. The maximum absolute atomic E-state index is 13.4. The summed E-state index contributed by atoms with van der Waals surface area (Å²) in [7, 11) is 0. The Balaban J connectivity index is 2.20. The van der Waals surface area contributed by atoms with Crippen molar-refractivity contribution in [2.75, 3.05) is 5.73 Å². The summed E-state index contributed by atoms with van der Waals surface area (Å²) in [6.07, 6.45) is 0. The first-order chi connectivity index (χ1) is 9.65. The van der Waals surface area contributed by atoms with Gasteiger partial charge in [0, 0.05) is 9.13 Å². The van der Waals surface area contributed by atoms with Crippen molar-refractivity contribution >= 4 is 28.5 Å². The first kappa shape index (κ1) is 13.1. The minimum Gasteiger partial charge on any atom is -0.367 e. The standard InChI is InChI=1S/C15H10FIN2O/c16-11-5-1-3-9(7-11)13-14(19-20-15(13)18)10-4-2-6-12(17)8-10/h1-8H,18H2. The van der Waals surface area contributed by atoms with E-state index in [-0.39, 0.29) is 11.7 Å². The molecule has 1 aromatic heterocycles. The van der Waals surface area contributed by atoms with E-state index >= 15 is 0 Å². The van der Waals surface area contributed by atoms with Gasteiger partial charge in [-0.25, -0.2) is 4.39 Å². The number of nitrogens with two attached hydrogens (primary N) is 1. The fraction of sp³-hybridized carbons (Fsp3) is 0. The first-order valence-corrected chi connectivity index (χ1v) is 7.00. The van der Waals surface area contributed by atoms with Gasteiger partial charge in [-0.3, -0.25) is 0 Å². The van der Waals surface area contributed by atoms with Gasteiger partial charge in [0.2, 0.25) is 5.88 Å². The molecule has 100 valence electrons. The molecule has 3 rings (SSSR count). The van der Waals surface area contributed by atoms with E-state index in [0.717, 1.165) is 9.13 Å². The Morgan fingerprint density at radius 2 is 1.80 bits per heavy atom. The zero-order valence-corrected chi connectivity index (χ0v) is 12.5. The summed E-state index contributed by atoms with van der Waals surface area (Å²) in [4.78, 5) is 0. The van der Waals surface area contributed by atoms with Crippen LogP contribution >= 0.6 is 22.6 Å². The summed E-state index contributed by atoms with van der Waals surface area (Å²) in [5.41, 5.74) is 8.62. The van der Waals surface area contributed by atoms with E-state index in [9.17, 15) is 4.39 Å². The first-order valence-electron chi connectivity index (χ1n) is 5.92. The quantitative estimate of drug-likeness (QED) is 0.674. The molecule has 3 aromatic rings. The van der Waals surface area contributed by atoms with Crippen LogP contribution in [0.3, 0.4) is 0 Å². The van der Waals surface area contributed by atoms with Crippen molar-refractivity contribution < 1.29 is 8.91 Å². The van der Waals surface area contributed by atoms with Gasteiger partial charge in [-0.2, -0.15) is 0 Å². The van der Waals surface area contributed by atoms with E-state index < -0.39 is 0 Å². The second-order valence-corrected chi connectivity index (χ2v) is 5.54. The molecule has 0 bridgehead atoms. The molecule has 0 spiro atoms. The third-order valence-corrected chi connectivity index (χ3v) is 3.60. The Morgan fingerprint density at radius 3 is 2.55 bits per heavy atom. The lowest BCUT2D eigenvalue weighted by Crippen LogP contribution is -1.89. The Hall–Kier alpha value is -1.89. The largest absolute Gasteiger partial charge is 0.367 e. The van der Waals surface area contributed by atoms with Crippen molar-refractivity contribution in [1.82, 2.24) is 5.16 Å². The molecule has 0 unspecified atom stereocenters. The van der Waals surface area contributed by atoms with E-state index in [0.29, 0.717) is 16.8 Å². The summed E-state index contributed by atoms with van der Waals surface area (Å²) in [5, 5.41) is 4.01. The van der Waals surface area contributed by atoms with Crippen LogP contribution in [0.5, 0.6) is 0 Å². The predicted octanol–water partition coefficient (Wildman–Crippen LogP) is 4.33. The van der Waals surface area contributed by atoms with Crippen molar-refractivity contribution in [3.8, 4) is 22.4 Å². The Morgan fingerprint density at radius 1 is 1.05 bits per heavy atom. The van der Waals surface area contributed by atoms with Crippen LogP contribution in [0.4, 0.5) is 10.3 Å². The molecule has 5 heteroatoms. The van der Waals surface area contributed by atoms with Gasteiger partial charge in [-0.1, -0.05) is 29.4 Å². The molecule has 0 saturated carbocycles. The third kappa shape index (κ3) is 2.40. The number of nitrogen functional groups attached to an aromatic ring is 1. The van der Waals surface area contributed by atoms with E-state index in [1.807, 2.05) is 24.3 Å². The fourth-order valence-electron chi connectivity index (χ4n) is 2.06. The number of benzene rings is 2. The van der Waals surface area contributed by atoms with E-state index in [1.165, 1.54) is 12.1 Å². The van der Waals surface area contributed by atoms with Crippen molar-refractivity contribution in [3.63, 3.8) is 0 Å².